The van der Waals surface area contributed by atoms with Gasteiger partial charge in [0.15, 0.2) is 0 Å². The molecule has 3 heteroatoms. The fraction of sp³-hybridized carbons (Fsp3) is 0.970. The second-order valence-electron chi connectivity index (χ2n) is 12.2. The van der Waals surface area contributed by atoms with Crippen molar-refractivity contribution in [3.05, 3.63) is 0 Å². The second kappa shape index (κ2) is 24.7. The number of ether oxygens (including phenoxy) is 1. The molecule has 2 unspecified atom stereocenters. The van der Waals surface area contributed by atoms with Gasteiger partial charge in [0.1, 0.15) is 0 Å². The maximum Gasteiger partial charge on any atom is 0.305 e. The summed E-state index contributed by atoms with van der Waals surface area (Å²) in [5.41, 5.74) is 0. The molecule has 0 N–H and O–H groups in total. The van der Waals surface area contributed by atoms with E-state index < -0.39 is 0 Å². The number of hydrogen-bond donors (Lipinski definition) is 0. The molecule has 0 heterocycles. The van der Waals surface area contributed by atoms with Crippen LogP contribution in [0.1, 0.15) is 167 Å². The SMILES string of the molecule is COC(=O)CCCCCCCC1CC1CCCCCCCCCCCCCCCCCCCN(C)C. The minimum absolute atomic E-state index is 0.0559. The van der Waals surface area contributed by atoms with Gasteiger partial charge in [0.25, 0.3) is 0 Å². The number of nitrogens with zero attached hydrogens (tertiary/aromatic N) is 1. The fourth-order valence-electron chi connectivity index (χ4n) is 5.81. The first kappa shape index (κ1) is 33.5. The highest BCUT2D eigenvalue weighted by Crippen LogP contribution is 2.45. The average molecular weight is 508 g/mol. The van der Waals surface area contributed by atoms with Gasteiger partial charge in [-0.1, -0.05) is 141 Å². The van der Waals surface area contributed by atoms with Crippen LogP contribution in [-0.4, -0.2) is 38.6 Å². The summed E-state index contributed by atoms with van der Waals surface area (Å²) < 4.78 is 4.69. The molecule has 0 spiro atoms. The van der Waals surface area contributed by atoms with Gasteiger partial charge < -0.3 is 9.64 Å². The minimum atomic E-state index is -0.0559. The second-order valence-corrected chi connectivity index (χ2v) is 12.2. The number of rotatable bonds is 28. The molecule has 1 saturated carbocycles. The van der Waals surface area contributed by atoms with Gasteiger partial charge in [-0.2, -0.15) is 0 Å². The normalized spacial score (nSPS) is 17.1. The molecule has 0 bridgehead atoms. The van der Waals surface area contributed by atoms with Gasteiger partial charge in [-0.15, -0.1) is 0 Å². The summed E-state index contributed by atoms with van der Waals surface area (Å²) in [6.45, 7) is 1.26. The molecule has 0 aliphatic heterocycles. The quantitative estimate of drug-likeness (QED) is 0.0779. The van der Waals surface area contributed by atoms with Crippen LogP contribution in [0.15, 0.2) is 0 Å². The summed E-state index contributed by atoms with van der Waals surface area (Å²) in [5.74, 6) is 2.07. The molecule has 214 valence electrons. The van der Waals surface area contributed by atoms with Crippen LogP contribution >= 0.6 is 0 Å². The molecule has 36 heavy (non-hydrogen) atoms. The van der Waals surface area contributed by atoms with Gasteiger partial charge in [-0.25, -0.2) is 0 Å². The predicted molar refractivity (Wildman–Crippen MR) is 158 cm³/mol. The van der Waals surface area contributed by atoms with Gasteiger partial charge in [0, 0.05) is 6.42 Å². The van der Waals surface area contributed by atoms with Gasteiger partial charge in [-0.05, 0) is 51.7 Å². The van der Waals surface area contributed by atoms with Crippen molar-refractivity contribution in [3.8, 4) is 0 Å². The number of methoxy groups -OCH3 is 1. The lowest BCUT2D eigenvalue weighted by Gasteiger charge is -2.08. The maximum atomic E-state index is 11.1. The lowest BCUT2D eigenvalue weighted by molar-refractivity contribution is -0.140. The Kier molecular flexibility index (Phi) is 23.0. The molecule has 1 aliphatic rings. The predicted octanol–water partition coefficient (Wildman–Crippen LogP) is 10.1. The summed E-state index contributed by atoms with van der Waals surface area (Å²) in [4.78, 5) is 13.4. The fourth-order valence-corrected chi connectivity index (χ4v) is 5.81. The van der Waals surface area contributed by atoms with Crippen LogP contribution in [0.4, 0.5) is 0 Å². The summed E-state index contributed by atoms with van der Waals surface area (Å²) in [7, 11) is 5.83. The third-order valence-corrected chi connectivity index (χ3v) is 8.43. The Morgan fingerprint density at radius 1 is 0.556 bits per heavy atom. The van der Waals surface area contributed by atoms with Crippen molar-refractivity contribution >= 4 is 5.97 Å². The number of carbonyl (C=O) groups is 1. The molecule has 0 saturated heterocycles. The molecule has 1 rings (SSSR count). The zero-order chi connectivity index (χ0) is 26.1. The Morgan fingerprint density at radius 3 is 1.25 bits per heavy atom. The van der Waals surface area contributed by atoms with E-state index >= 15 is 0 Å². The lowest BCUT2D eigenvalue weighted by atomic mass is 10.0. The van der Waals surface area contributed by atoms with Crippen LogP contribution in [0.3, 0.4) is 0 Å². The molecule has 0 radical (unpaired) electrons. The van der Waals surface area contributed by atoms with E-state index in [0.29, 0.717) is 6.42 Å². The van der Waals surface area contributed by atoms with Gasteiger partial charge in [0.2, 0.25) is 0 Å². The van der Waals surface area contributed by atoms with Crippen molar-refractivity contribution in [1.82, 2.24) is 4.90 Å². The van der Waals surface area contributed by atoms with E-state index in [4.69, 9.17) is 4.74 Å². The largest absolute Gasteiger partial charge is 0.469 e. The van der Waals surface area contributed by atoms with Crippen molar-refractivity contribution in [1.29, 1.82) is 0 Å². The number of unbranched alkanes of at least 4 members (excludes halogenated alkanes) is 20. The Balaban J connectivity index is 1.68. The van der Waals surface area contributed by atoms with Gasteiger partial charge in [0.05, 0.1) is 7.11 Å². The van der Waals surface area contributed by atoms with E-state index in [-0.39, 0.29) is 5.97 Å². The van der Waals surface area contributed by atoms with Crippen LogP contribution in [0.2, 0.25) is 0 Å². The molecular weight excluding hydrogens is 442 g/mol. The monoisotopic (exact) mass is 508 g/mol. The number of esters is 1. The Hall–Kier alpha value is -0.570. The van der Waals surface area contributed by atoms with Gasteiger partial charge >= 0.3 is 5.97 Å². The zero-order valence-electron chi connectivity index (χ0n) is 25.0. The molecule has 0 amide bonds. The van der Waals surface area contributed by atoms with Crippen molar-refractivity contribution in [2.45, 2.75) is 167 Å². The number of carbonyl (C=O) groups excluding carboxylic acids is 1. The van der Waals surface area contributed by atoms with Crippen LogP contribution < -0.4 is 0 Å². The van der Waals surface area contributed by atoms with E-state index in [1.54, 1.807) is 0 Å². The van der Waals surface area contributed by atoms with Gasteiger partial charge in [-0.3, -0.25) is 4.79 Å². The zero-order valence-corrected chi connectivity index (χ0v) is 25.0. The molecule has 1 aliphatic carbocycles. The van der Waals surface area contributed by atoms with Crippen molar-refractivity contribution in [2.75, 3.05) is 27.7 Å². The van der Waals surface area contributed by atoms with Crippen LogP contribution in [0, 0.1) is 11.8 Å². The summed E-state index contributed by atoms with van der Waals surface area (Å²) >= 11 is 0. The maximum absolute atomic E-state index is 11.1. The summed E-state index contributed by atoms with van der Waals surface area (Å²) in [5, 5.41) is 0. The summed E-state index contributed by atoms with van der Waals surface area (Å²) in [6.07, 6.45) is 36.1. The standard InChI is InChI=1S/C33H65NO2/c1-34(2)29-25-21-16-14-12-10-8-6-4-5-7-9-11-13-15-18-22-26-31-30-32(31)27-23-19-17-20-24-28-33(35)36-3/h31-32H,4-30H2,1-3H3. The Morgan fingerprint density at radius 2 is 0.889 bits per heavy atom. The Bertz CT molecular complexity index is 478. The van der Waals surface area contributed by atoms with Crippen LogP contribution in [-0.2, 0) is 9.53 Å². The summed E-state index contributed by atoms with van der Waals surface area (Å²) in [6, 6.07) is 0. The molecule has 3 nitrogen and oxygen atoms in total. The molecule has 0 aromatic rings. The van der Waals surface area contributed by atoms with Crippen molar-refractivity contribution in [3.63, 3.8) is 0 Å². The smallest absolute Gasteiger partial charge is 0.305 e. The molecular formula is C33H65NO2. The molecule has 0 aromatic carbocycles. The first-order valence-electron chi connectivity index (χ1n) is 16.3. The topological polar surface area (TPSA) is 29.5 Å². The first-order chi connectivity index (χ1) is 17.6. The highest BCUT2D eigenvalue weighted by Gasteiger charge is 2.34. The van der Waals surface area contributed by atoms with Crippen LogP contribution in [0.5, 0.6) is 0 Å². The minimum Gasteiger partial charge on any atom is -0.469 e. The van der Waals surface area contributed by atoms with Crippen LogP contribution in [0.25, 0.3) is 0 Å². The Labute approximate surface area is 226 Å². The van der Waals surface area contributed by atoms with E-state index in [1.165, 1.54) is 168 Å². The molecule has 1 fully saturated rings. The van der Waals surface area contributed by atoms with E-state index in [2.05, 4.69) is 19.0 Å². The third-order valence-electron chi connectivity index (χ3n) is 8.43. The number of hydrogen-bond acceptors (Lipinski definition) is 3. The van der Waals surface area contributed by atoms with Crippen molar-refractivity contribution in [2.24, 2.45) is 11.8 Å². The van der Waals surface area contributed by atoms with E-state index in [9.17, 15) is 4.79 Å². The average Bonchev–Trinajstić information content (AvgIpc) is 3.62. The third kappa shape index (κ3) is 22.6. The highest BCUT2D eigenvalue weighted by molar-refractivity contribution is 5.68. The molecule has 0 aromatic heterocycles. The first-order valence-corrected chi connectivity index (χ1v) is 16.3. The van der Waals surface area contributed by atoms with Crippen molar-refractivity contribution < 1.29 is 9.53 Å². The molecule has 2 atom stereocenters. The highest BCUT2D eigenvalue weighted by atomic mass is 16.5. The van der Waals surface area contributed by atoms with E-state index in [1.807, 2.05) is 0 Å². The van der Waals surface area contributed by atoms with E-state index in [0.717, 1.165) is 18.3 Å². The lowest BCUT2D eigenvalue weighted by Crippen LogP contribution is -2.12.